The smallest absolute Gasteiger partial charge is 0.222 e. The summed E-state index contributed by atoms with van der Waals surface area (Å²) < 4.78 is 26.0. The molecule has 2 heterocycles. The van der Waals surface area contributed by atoms with E-state index in [1.807, 2.05) is 0 Å². The van der Waals surface area contributed by atoms with Gasteiger partial charge in [0.2, 0.25) is 5.91 Å². The number of aromatic nitrogens is 2. The van der Waals surface area contributed by atoms with E-state index in [0.717, 1.165) is 0 Å². The molecule has 0 unspecified atom stereocenters. The average Bonchev–Trinajstić information content (AvgIpc) is 2.64. The number of pyridine rings is 2. The van der Waals surface area contributed by atoms with E-state index in [1.54, 1.807) is 31.5 Å². The van der Waals surface area contributed by atoms with Crippen molar-refractivity contribution < 1.29 is 13.2 Å². The molecule has 2 aromatic heterocycles. The van der Waals surface area contributed by atoms with E-state index in [2.05, 4.69) is 15.3 Å². The third-order valence-electron chi connectivity index (χ3n) is 4.35. The van der Waals surface area contributed by atoms with Crippen molar-refractivity contribution in [1.82, 2.24) is 9.97 Å². The zero-order valence-corrected chi connectivity index (χ0v) is 19.0. The minimum absolute atomic E-state index is 0.0358. The van der Waals surface area contributed by atoms with E-state index in [-0.39, 0.29) is 26.7 Å². The second-order valence-electron chi connectivity index (χ2n) is 6.51. The van der Waals surface area contributed by atoms with Gasteiger partial charge in [-0.1, -0.05) is 34.8 Å². The lowest BCUT2D eigenvalue weighted by molar-refractivity contribution is -0.114. The summed E-state index contributed by atoms with van der Waals surface area (Å²) in [6, 6.07) is 7.61. The van der Waals surface area contributed by atoms with Crippen molar-refractivity contribution in [2.75, 3.05) is 5.32 Å². The van der Waals surface area contributed by atoms with Gasteiger partial charge in [-0.15, -0.1) is 0 Å². The second kappa shape index (κ2) is 8.89. The standard InChI is InChI=1S/C20H16Cl3N3O3S/c1-11-15(13-5-6-24-19(7-13)26-12(2)27)9-25-20(23)16(11)10-30(28,29)18-4-3-14(21)8-17(18)22/h3-9H,10H2,1-2H3,(H,24,26,27). The molecule has 0 bridgehead atoms. The lowest BCUT2D eigenvalue weighted by Gasteiger charge is -2.14. The number of anilines is 1. The van der Waals surface area contributed by atoms with E-state index in [4.69, 9.17) is 34.8 Å². The van der Waals surface area contributed by atoms with Gasteiger partial charge in [-0.05, 0) is 48.4 Å². The second-order valence-corrected chi connectivity index (χ2v) is 9.67. The van der Waals surface area contributed by atoms with Crippen molar-refractivity contribution in [2.45, 2.75) is 24.5 Å². The monoisotopic (exact) mass is 483 g/mol. The van der Waals surface area contributed by atoms with Crippen LogP contribution in [0.3, 0.4) is 0 Å². The van der Waals surface area contributed by atoms with Crippen LogP contribution in [0.2, 0.25) is 15.2 Å². The normalized spacial score (nSPS) is 11.4. The van der Waals surface area contributed by atoms with Crippen molar-refractivity contribution in [3.8, 4) is 11.1 Å². The number of rotatable bonds is 5. The van der Waals surface area contributed by atoms with E-state index in [1.165, 1.54) is 25.1 Å². The first kappa shape index (κ1) is 22.5. The molecule has 0 fully saturated rings. The fraction of sp³-hybridized carbons (Fsp3) is 0.150. The number of hydrogen-bond donors (Lipinski definition) is 1. The minimum atomic E-state index is -3.81. The SMILES string of the molecule is CC(=O)Nc1cc(-c2cnc(Cl)c(CS(=O)(=O)c3ccc(Cl)cc3Cl)c2C)ccn1. The van der Waals surface area contributed by atoms with Gasteiger partial charge in [-0.25, -0.2) is 18.4 Å². The minimum Gasteiger partial charge on any atom is -0.311 e. The van der Waals surface area contributed by atoms with Crippen LogP contribution < -0.4 is 5.32 Å². The molecule has 1 N–H and O–H groups in total. The third-order valence-corrected chi connectivity index (χ3v) is 7.03. The molecular weight excluding hydrogens is 469 g/mol. The zero-order valence-electron chi connectivity index (χ0n) is 15.9. The van der Waals surface area contributed by atoms with Crippen molar-refractivity contribution in [3.63, 3.8) is 0 Å². The molecule has 1 amide bonds. The predicted molar refractivity (Wildman–Crippen MR) is 119 cm³/mol. The summed E-state index contributed by atoms with van der Waals surface area (Å²) in [6.45, 7) is 3.14. The highest BCUT2D eigenvalue weighted by Crippen LogP contribution is 2.33. The summed E-state index contributed by atoms with van der Waals surface area (Å²) in [5.74, 6) is -0.266. The van der Waals surface area contributed by atoms with Crippen LogP contribution in [0, 0.1) is 6.92 Å². The molecule has 0 atom stereocenters. The van der Waals surface area contributed by atoms with Crippen LogP contribution in [0.5, 0.6) is 0 Å². The molecule has 3 aromatic rings. The Hall–Kier alpha value is -2.19. The van der Waals surface area contributed by atoms with Crippen LogP contribution in [0.4, 0.5) is 5.82 Å². The fourth-order valence-corrected chi connectivity index (χ4v) is 5.53. The molecule has 0 aliphatic rings. The summed E-state index contributed by atoms with van der Waals surface area (Å²) in [4.78, 5) is 19.5. The van der Waals surface area contributed by atoms with Crippen LogP contribution in [0.1, 0.15) is 18.1 Å². The van der Waals surface area contributed by atoms with E-state index in [9.17, 15) is 13.2 Å². The van der Waals surface area contributed by atoms with E-state index < -0.39 is 9.84 Å². The Kier molecular flexibility index (Phi) is 6.67. The molecular formula is C20H16Cl3N3O3S. The molecule has 0 saturated heterocycles. The Labute approximate surface area is 189 Å². The summed E-state index contributed by atoms with van der Waals surface area (Å²) in [6.07, 6.45) is 3.09. The number of carbonyl (C=O) groups excluding carboxylic acids is 1. The molecule has 1 aromatic carbocycles. The summed E-state index contributed by atoms with van der Waals surface area (Å²) in [5.41, 5.74) is 2.38. The Balaban J connectivity index is 2.04. The highest BCUT2D eigenvalue weighted by molar-refractivity contribution is 7.90. The van der Waals surface area contributed by atoms with Crippen molar-refractivity contribution in [2.24, 2.45) is 0 Å². The first-order chi connectivity index (χ1) is 14.1. The Morgan fingerprint density at radius 2 is 1.83 bits per heavy atom. The molecule has 6 nitrogen and oxygen atoms in total. The van der Waals surface area contributed by atoms with Gasteiger partial charge in [-0.3, -0.25) is 4.79 Å². The summed E-state index contributed by atoms with van der Waals surface area (Å²) >= 11 is 18.2. The largest absolute Gasteiger partial charge is 0.311 e. The molecule has 30 heavy (non-hydrogen) atoms. The van der Waals surface area contributed by atoms with E-state index >= 15 is 0 Å². The highest BCUT2D eigenvalue weighted by Gasteiger charge is 2.23. The first-order valence-electron chi connectivity index (χ1n) is 8.64. The summed E-state index contributed by atoms with van der Waals surface area (Å²) in [5, 5.41) is 3.07. The number of halogens is 3. The maximum atomic E-state index is 13.0. The fourth-order valence-electron chi connectivity index (χ4n) is 2.91. The van der Waals surface area contributed by atoms with Crippen LogP contribution >= 0.6 is 34.8 Å². The first-order valence-corrected chi connectivity index (χ1v) is 11.4. The topological polar surface area (TPSA) is 89.0 Å². The zero-order chi connectivity index (χ0) is 22.1. The Morgan fingerprint density at radius 1 is 1.10 bits per heavy atom. The number of hydrogen-bond acceptors (Lipinski definition) is 5. The number of nitrogens with zero attached hydrogens (tertiary/aromatic N) is 2. The number of carbonyl (C=O) groups is 1. The third kappa shape index (κ3) is 4.92. The molecule has 0 aliphatic carbocycles. The predicted octanol–water partition coefficient (Wildman–Crippen LogP) is 5.34. The van der Waals surface area contributed by atoms with Crippen molar-refractivity contribution in [1.29, 1.82) is 0 Å². The molecule has 0 radical (unpaired) electrons. The van der Waals surface area contributed by atoms with Crippen molar-refractivity contribution >= 4 is 56.4 Å². The van der Waals surface area contributed by atoms with Gasteiger partial charge >= 0.3 is 0 Å². The summed E-state index contributed by atoms with van der Waals surface area (Å²) in [7, 11) is -3.81. The molecule has 0 saturated carbocycles. The van der Waals surface area contributed by atoms with Crippen molar-refractivity contribution in [3.05, 3.63) is 69.1 Å². The Morgan fingerprint density at radius 3 is 2.50 bits per heavy atom. The van der Waals surface area contributed by atoms with Gasteiger partial charge in [0.25, 0.3) is 0 Å². The maximum absolute atomic E-state index is 13.0. The van der Waals surface area contributed by atoms with Crippen LogP contribution in [-0.4, -0.2) is 24.3 Å². The number of sulfone groups is 1. The van der Waals surface area contributed by atoms with Gasteiger partial charge in [-0.2, -0.15) is 0 Å². The quantitative estimate of drug-likeness (QED) is 0.493. The number of nitrogens with one attached hydrogen (secondary N) is 1. The van der Waals surface area contributed by atoms with Crippen LogP contribution in [-0.2, 0) is 20.4 Å². The molecule has 0 aliphatic heterocycles. The highest BCUT2D eigenvalue weighted by atomic mass is 35.5. The van der Waals surface area contributed by atoms with Gasteiger partial charge in [0, 0.05) is 35.5 Å². The molecule has 156 valence electrons. The van der Waals surface area contributed by atoms with Gasteiger partial charge < -0.3 is 5.32 Å². The van der Waals surface area contributed by atoms with Gasteiger partial charge in [0.15, 0.2) is 9.84 Å². The van der Waals surface area contributed by atoms with Crippen LogP contribution in [0.15, 0.2) is 47.6 Å². The molecule has 3 rings (SSSR count). The molecule has 0 spiro atoms. The van der Waals surface area contributed by atoms with Gasteiger partial charge in [0.1, 0.15) is 11.0 Å². The van der Waals surface area contributed by atoms with Crippen LogP contribution in [0.25, 0.3) is 11.1 Å². The Bertz CT molecular complexity index is 1250. The molecule has 10 heteroatoms. The number of amides is 1. The number of benzene rings is 1. The van der Waals surface area contributed by atoms with Gasteiger partial charge in [0.05, 0.1) is 15.7 Å². The lowest BCUT2D eigenvalue weighted by atomic mass is 10.0. The maximum Gasteiger partial charge on any atom is 0.222 e. The van der Waals surface area contributed by atoms with E-state index in [0.29, 0.717) is 33.1 Å². The average molecular weight is 485 g/mol. The lowest BCUT2D eigenvalue weighted by Crippen LogP contribution is -2.09.